The summed E-state index contributed by atoms with van der Waals surface area (Å²) in [5.41, 5.74) is 2.28. The lowest BCUT2D eigenvalue weighted by Crippen LogP contribution is -2.11. The SMILES string of the molecule is CC[C@@H](Nc1cc(C(C)C)ncn1)c1ccncc1. The lowest BCUT2D eigenvalue weighted by atomic mass is 10.1. The molecule has 0 aliphatic rings. The minimum Gasteiger partial charge on any atom is -0.363 e. The first-order chi connectivity index (χ1) is 9.20. The highest BCUT2D eigenvalue weighted by Gasteiger charge is 2.10. The van der Waals surface area contributed by atoms with Crippen LogP contribution in [-0.4, -0.2) is 15.0 Å². The molecule has 0 fully saturated rings. The average Bonchev–Trinajstić information content (AvgIpc) is 2.46. The van der Waals surface area contributed by atoms with Gasteiger partial charge in [-0.05, 0) is 30.0 Å². The first-order valence-electron chi connectivity index (χ1n) is 6.69. The van der Waals surface area contributed by atoms with E-state index in [9.17, 15) is 0 Å². The van der Waals surface area contributed by atoms with Gasteiger partial charge in [0.05, 0.1) is 6.04 Å². The van der Waals surface area contributed by atoms with Crippen molar-refractivity contribution in [1.82, 2.24) is 15.0 Å². The third kappa shape index (κ3) is 3.50. The first kappa shape index (κ1) is 13.5. The van der Waals surface area contributed by atoms with E-state index in [2.05, 4.69) is 41.0 Å². The van der Waals surface area contributed by atoms with E-state index in [0.29, 0.717) is 5.92 Å². The van der Waals surface area contributed by atoms with Gasteiger partial charge in [0.1, 0.15) is 12.1 Å². The van der Waals surface area contributed by atoms with E-state index in [4.69, 9.17) is 0 Å². The van der Waals surface area contributed by atoms with Gasteiger partial charge < -0.3 is 5.32 Å². The standard InChI is InChI=1S/C15H20N4/c1-4-13(12-5-7-16-8-6-12)19-15-9-14(11(2)3)17-10-18-15/h5-11,13H,4H2,1-3H3,(H,17,18,19)/t13-/m1/s1. The number of aromatic nitrogens is 3. The highest BCUT2D eigenvalue weighted by atomic mass is 15.0. The molecule has 0 saturated carbocycles. The molecule has 0 spiro atoms. The number of nitrogens with one attached hydrogen (secondary N) is 1. The van der Waals surface area contributed by atoms with Crippen LogP contribution in [0, 0.1) is 0 Å². The van der Waals surface area contributed by atoms with E-state index in [0.717, 1.165) is 17.9 Å². The Hall–Kier alpha value is -1.97. The van der Waals surface area contributed by atoms with E-state index in [1.807, 2.05) is 30.6 Å². The number of nitrogens with zero attached hydrogens (tertiary/aromatic N) is 3. The van der Waals surface area contributed by atoms with Gasteiger partial charge in [-0.3, -0.25) is 4.98 Å². The van der Waals surface area contributed by atoms with Crippen molar-refractivity contribution < 1.29 is 0 Å². The minimum absolute atomic E-state index is 0.248. The fourth-order valence-corrected chi connectivity index (χ4v) is 1.96. The third-order valence-electron chi connectivity index (χ3n) is 3.12. The number of pyridine rings is 1. The maximum atomic E-state index is 4.30. The summed E-state index contributed by atoms with van der Waals surface area (Å²) < 4.78 is 0. The van der Waals surface area contributed by atoms with Gasteiger partial charge in [0.2, 0.25) is 0 Å². The van der Waals surface area contributed by atoms with Crippen molar-refractivity contribution in [3.63, 3.8) is 0 Å². The molecule has 4 heteroatoms. The van der Waals surface area contributed by atoms with Crippen LogP contribution in [0.5, 0.6) is 0 Å². The molecule has 100 valence electrons. The van der Waals surface area contributed by atoms with Crippen molar-refractivity contribution in [2.24, 2.45) is 0 Å². The highest BCUT2D eigenvalue weighted by molar-refractivity contribution is 5.39. The maximum Gasteiger partial charge on any atom is 0.130 e. The largest absolute Gasteiger partial charge is 0.363 e. The fourth-order valence-electron chi connectivity index (χ4n) is 1.96. The van der Waals surface area contributed by atoms with Crippen LogP contribution in [0.4, 0.5) is 5.82 Å². The highest BCUT2D eigenvalue weighted by Crippen LogP contribution is 2.22. The van der Waals surface area contributed by atoms with Crippen LogP contribution < -0.4 is 5.32 Å². The van der Waals surface area contributed by atoms with E-state index >= 15 is 0 Å². The van der Waals surface area contributed by atoms with Crippen LogP contribution in [-0.2, 0) is 0 Å². The lowest BCUT2D eigenvalue weighted by molar-refractivity contribution is 0.738. The van der Waals surface area contributed by atoms with Crippen LogP contribution >= 0.6 is 0 Å². The number of hydrogen-bond donors (Lipinski definition) is 1. The van der Waals surface area contributed by atoms with Gasteiger partial charge in [0.15, 0.2) is 0 Å². The summed E-state index contributed by atoms with van der Waals surface area (Å²) in [5, 5.41) is 3.46. The van der Waals surface area contributed by atoms with Gasteiger partial charge >= 0.3 is 0 Å². The summed E-state index contributed by atoms with van der Waals surface area (Å²) in [5.74, 6) is 1.28. The topological polar surface area (TPSA) is 50.7 Å². The van der Waals surface area contributed by atoms with Crippen LogP contribution in [0.2, 0.25) is 0 Å². The normalized spacial score (nSPS) is 12.4. The van der Waals surface area contributed by atoms with Gasteiger partial charge in [-0.25, -0.2) is 9.97 Å². The van der Waals surface area contributed by atoms with Crippen molar-refractivity contribution in [2.75, 3.05) is 5.32 Å². The molecule has 0 aromatic carbocycles. The maximum absolute atomic E-state index is 4.30. The van der Waals surface area contributed by atoms with Crippen molar-refractivity contribution in [1.29, 1.82) is 0 Å². The number of anilines is 1. The second-order valence-corrected chi connectivity index (χ2v) is 4.87. The monoisotopic (exact) mass is 256 g/mol. The first-order valence-corrected chi connectivity index (χ1v) is 6.69. The summed E-state index contributed by atoms with van der Waals surface area (Å²) in [4.78, 5) is 12.6. The Labute approximate surface area is 114 Å². The predicted octanol–water partition coefficient (Wildman–Crippen LogP) is 3.56. The number of hydrogen-bond acceptors (Lipinski definition) is 4. The average molecular weight is 256 g/mol. The Balaban J connectivity index is 2.17. The van der Waals surface area contributed by atoms with Crippen LogP contribution in [0.25, 0.3) is 0 Å². The van der Waals surface area contributed by atoms with Crippen molar-refractivity contribution in [3.05, 3.63) is 48.2 Å². The van der Waals surface area contributed by atoms with Crippen molar-refractivity contribution in [3.8, 4) is 0 Å². The molecule has 0 aliphatic carbocycles. The summed E-state index contributed by atoms with van der Waals surface area (Å²) >= 11 is 0. The smallest absolute Gasteiger partial charge is 0.130 e. The van der Waals surface area contributed by atoms with E-state index in [1.165, 1.54) is 5.56 Å². The molecule has 0 radical (unpaired) electrons. The Kier molecular flexibility index (Phi) is 4.44. The molecule has 1 N–H and O–H groups in total. The molecule has 2 heterocycles. The molecular formula is C15H20N4. The molecule has 0 aliphatic heterocycles. The van der Waals surface area contributed by atoms with E-state index < -0.39 is 0 Å². The summed E-state index contributed by atoms with van der Waals surface area (Å²) in [6.07, 6.45) is 6.25. The molecule has 19 heavy (non-hydrogen) atoms. The van der Waals surface area contributed by atoms with E-state index in [1.54, 1.807) is 6.33 Å². The van der Waals surface area contributed by atoms with Crippen LogP contribution in [0.15, 0.2) is 36.9 Å². The molecule has 0 unspecified atom stereocenters. The zero-order valence-corrected chi connectivity index (χ0v) is 11.7. The van der Waals surface area contributed by atoms with Gasteiger partial charge in [0, 0.05) is 24.2 Å². The Morgan fingerprint density at radius 1 is 1.16 bits per heavy atom. The molecular weight excluding hydrogens is 236 g/mol. The summed E-state index contributed by atoms with van der Waals surface area (Å²) in [6, 6.07) is 6.34. The summed E-state index contributed by atoms with van der Waals surface area (Å²) in [6.45, 7) is 6.42. The van der Waals surface area contributed by atoms with Gasteiger partial charge in [-0.1, -0.05) is 20.8 Å². The Morgan fingerprint density at radius 2 is 1.89 bits per heavy atom. The number of rotatable bonds is 5. The predicted molar refractivity (Wildman–Crippen MR) is 77.0 cm³/mol. The zero-order valence-electron chi connectivity index (χ0n) is 11.7. The third-order valence-corrected chi connectivity index (χ3v) is 3.12. The fraction of sp³-hybridized carbons (Fsp3) is 0.400. The quantitative estimate of drug-likeness (QED) is 0.888. The molecule has 0 saturated heterocycles. The molecule has 0 bridgehead atoms. The van der Waals surface area contributed by atoms with E-state index in [-0.39, 0.29) is 6.04 Å². The lowest BCUT2D eigenvalue weighted by Gasteiger charge is -2.18. The van der Waals surface area contributed by atoms with Crippen LogP contribution in [0.3, 0.4) is 0 Å². The molecule has 4 nitrogen and oxygen atoms in total. The van der Waals surface area contributed by atoms with Gasteiger partial charge in [0.25, 0.3) is 0 Å². The molecule has 0 amide bonds. The van der Waals surface area contributed by atoms with Crippen LogP contribution in [0.1, 0.15) is 50.4 Å². The molecule has 1 atom stereocenters. The Bertz CT molecular complexity index is 511. The molecule has 2 aromatic rings. The zero-order chi connectivity index (χ0) is 13.7. The second kappa shape index (κ2) is 6.27. The van der Waals surface area contributed by atoms with Crippen molar-refractivity contribution >= 4 is 5.82 Å². The molecule has 2 rings (SSSR count). The molecule has 2 aromatic heterocycles. The minimum atomic E-state index is 0.248. The van der Waals surface area contributed by atoms with Crippen molar-refractivity contribution in [2.45, 2.75) is 39.2 Å². The van der Waals surface area contributed by atoms with Gasteiger partial charge in [-0.15, -0.1) is 0 Å². The second-order valence-electron chi connectivity index (χ2n) is 4.87. The Morgan fingerprint density at radius 3 is 2.53 bits per heavy atom. The summed E-state index contributed by atoms with van der Waals surface area (Å²) in [7, 11) is 0. The van der Waals surface area contributed by atoms with Gasteiger partial charge in [-0.2, -0.15) is 0 Å².